The first-order valence-electron chi connectivity index (χ1n) is 24.9. The largest absolute Gasteiger partial charge is 0.507 e. The molecule has 0 saturated carbocycles. The zero-order valence-electron chi connectivity index (χ0n) is 44.6. The molecule has 8 rings (SSSR count). The fraction of sp³-hybridized carbons (Fsp3) is 0.250. The molecule has 6 aromatic carbocycles. The van der Waals surface area contributed by atoms with Crippen LogP contribution in [-0.4, -0.2) is 19.6 Å². The molecule has 0 radical (unpaired) electrons. The second kappa shape index (κ2) is 15.1. The summed E-state index contributed by atoms with van der Waals surface area (Å²) in [6.45, 7) is 6.94. The lowest BCUT2D eigenvalue weighted by Crippen LogP contribution is -2.16. The van der Waals surface area contributed by atoms with E-state index in [9.17, 15) is 5.11 Å². The fourth-order valence-electron chi connectivity index (χ4n) is 8.07. The molecule has 1 N–H and O–H groups in total. The lowest BCUT2D eigenvalue weighted by Gasteiger charge is -2.26. The van der Waals surface area contributed by atoms with E-state index in [1.54, 1.807) is 24.4 Å². The van der Waals surface area contributed by atoms with E-state index in [4.69, 9.17) is 22.3 Å². The number of imidazole rings is 1. The van der Waals surface area contributed by atoms with Crippen molar-refractivity contribution in [3.8, 4) is 67.5 Å². The zero-order chi connectivity index (χ0) is 50.2. The number of rotatable bonds is 6. The van der Waals surface area contributed by atoms with E-state index in [1.807, 2.05) is 56.3 Å². The number of hydrogen-bond donors (Lipinski definition) is 1. The predicted molar refractivity (Wildman–Crippen MR) is 253 cm³/mol. The normalized spacial score (nSPS) is 15.2. The SMILES string of the molecule is [2H]C([2H])([2H])C(c1ccc(-c2ccnc(-c3cc(-c4cccc5c4nc(-c4cc(C)cc(C)c4O)n5-c4ccc(-c5ccccc5)cc4C(C)(C)C)cc(C(C)(C)C)c3)c2)cc1)(C([2H])([2H])[2H])C([2H])([2H])[2H]. The monoisotopic (exact) mass is 797 g/mol. The Bertz CT molecular complexity index is 3190. The Morgan fingerprint density at radius 3 is 1.93 bits per heavy atom. The number of aryl methyl sites for hydroxylation is 2. The van der Waals surface area contributed by atoms with E-state index in [0.717, 1.165) is 66.8 Å². The van der Waals surface area contributed by atoms with Crippen LogP contribution in [-0.2, 0) is 16.2 Å². The Labute approximate surface area is 369 Å². The van der Waals surface area contributed by atoms with Crippen LogP contribution in [0.2, 0.25) is 0 Å². The van der Waals surface area contributed by atoms with Gasteiger partial charge in [-0.15, -0.1) is 0 Å². The van der Waals surface area contributed by atoms with Gasteiger partial charge in [0.2, 0.25) is 0 Å². The van der Waals surface area contributed by atoms with E-state index in [2.05, 4.69) is 107 Å². The van der Waals surface area contributed by atoms with E-state index in [1.165, 1.54) is 12.1 Å². The van der Waals surface area contributed by atoms with Crippen LogP contribution in [0.3, 0.4) is 0 Å². The highest BCUT2D eigenvalue weighted by Gasteiger charge is 2.27. The third kappa shape index (κ3) is 7.79. The summed E-state index contributed by atoms with van der Waals surface area (Å²) in [6, 6.07) is 42.9. The molecule has 0 spiro atoms. The molecule has 0 atom stereocenters. The van der Waals surface area contributed by atoms with Crippen molar-refractivity contribution in [2.24, 2.45) is 0 Å². The van der Waals surface area contributed by atoms with Gasteiger partial charge in [-0.05, 0) is 134 Å². The molecule has 2 aromatic heterocycles. The molecule has 302 valence electrons. The van der Waals surface area contributed by atoms with Gasteiger partial charge in [0, 0.05) is 29.7 Å². The van der Waals surface area contributed by atoms with E-state index >= 15 is 0 Å². The third-order valence-corrected chi connectivity index (χ3v) is 11.3. The van der Waals surface area contributed by atoms with E-state index in [0.29, 0.717) is 28.2 Å². The fourth-order valence-corrected chi connectivity index (χ4v) is 8.07. The van der Waals surface area contributed by atoms with Crippen LogP contribution in [0.25, 0.3) is 72.7 Å². The van der Waals surface area contributed by atoms with E-state index < -0.39 is 26.0 Å². The standard InChI is InChI=1S/C56H57N3O/c1-35-28-36(2)52(60)46(29-35)53-58-51-45(18-15-19-50(51)59(53)49-25-22-39(33-47(49)56(9,10)11)37-16-13-12-14-17-37)41-30-42(32-44(31-41)55(6,7)8)48-34-40(26-27-57-48)38-20-23-43(24-21-38)54(3,4)5/h12-34,60H,1-11H3/i3D3,4D3,5D3. The maximum Gasteiger partial charge on any atom is 0.149 e. The van der Waals surface area contributed by atoms with Gasteiger partial charge in [-0.1, -0.05) is 147 Å². The number of benzene rings is 6. The summed E-state index contributed by atoms with van der Waals surface area (Å²) in [5.41, 5.74) is 9.95. The Morgan fingerprint density at radius 2 is 1.23 bits per heavy atom. The summed E-state index contributed by atoms with van der Waals surface area (Å²) < 4.78 is 75.8. The molecule has 0 aliphatic heterocycles. The molecule has 0 amide bonds. The minimum Gasteiger partial charge on any atom is -0.507 e. The van der Waals surface area contributed by atoms with Crippen molar-refractivity contribution < 1.29 is 17.4 Å². The van der Waals surface area contributed by atoms with Crippen LogP contribution in [0, 0.1) is 13.8 Å². The lowest BCUT2D eigenvalue weighted by atomic mass is 9.83. The number of hydrogen-bond acceptors (Lipinski definition) is 3. The van der Waals surface area contributed by atoms with Crippen molar-refractivity contribution in [1.29, 1.82) is 0 Å². The predicted octanol–water partition coefficient (Wildman–Crippen LogP) is 15.0. The van der Waals surface area contributed by atoms with Gasteiger partial charge in [0.15, 0.2) is 0 Å². The van der Waals surface area contributed by atoms with Crippen molar-refractivity contribution in [3.63, 3.8) is 0 Å². The smallest absolute Gasteiger partial charge is 0.149 e. The van der Waals surface area contributed by atoms with Crippen molar-refractivity contribution in [3.05, 3.63) is 167 Å². The van der Waals surface area contributed by atoms with Crippen LogP contribution in [0.5, 0.6) is 5.75 Å². The molecule has 8 aromatic rings. The average molecular weight is 797 g/mol. The van der Waals surface area contributed by atoms with Crippen molar-refractivity contribution in [2.75, 3.05) is 0 Å². The Balaban J connectivity index is 1.32. The highest BCUT2D eigenvalue weighted by atomic mass is 16.3. The van der Waals surface area contributed by atoms with Crippen LogP contribution >= 0.6 is 0 Å². The molecular weight excluding hydrogens is 731 g/mol. The quantitative estimate of drug-likeness (QED) is 0.182. The number of pyridine rings is 1. The topological polar surface area (TPSA) is 50.9 Å². The van der Waals surface area contributed by atoms with Crippen molar-refractivity contribution in [1.82, 2.24) is 14.5 Å². The zero-order valence-corrected chi connectivity index (χ0v) is 35.6. The van der Waals surface area contributed by atoms with Gasteiger partial charge in [-0.2, -0.15) is 0 Å². The van der Waals surface area contributed by atoms with Gasteiger partial charge in [-0.3, -0.25) is 9.55 Å². The number of phenols is 1. The average Bonchev–Trinajstić information content (AvgIpc) is 3.65. The van der Waals surface area contributed by atoms with Gasteiger partial charge < -0.3 is 5.11 Å². The molecule has 4 nitrogen and oxygen atoms in total. The maximum absolute atomic E-state index is 11.8. The first-order valence-corrected chi connectivity index (χ1v) is 20.4. The van der Waals surface area contributed by atoms with E-state index in [-0.39, 0.29) is 22.1 Å². The molecule has 0 bridgehead atoms. The second-order valence-electron chi connectivity index (χ2n) is 18.1. The van der Waals surface area contributed by atoms with Gasteiger partial charge in [0.05, 0.1) is 28.0 Å². The molecule has 2 heterocycles. The number of fused-ring (bicyclic) bond motifs is 1. The first kappa shape index (κ1) is 30.7. The molecule has 0 unspecified atom stereocenters. The highest BCUT2D eigenvalue weighted by Crippen LogP contribution is 2.43. The Kier molecular flexibility index (Phi) is 7.73. The molecule has 0 aliphatic rings. The van der Waals surface area contributed by atoms with Crippen LogP contribution in [0.15, 0.2) is 140 Å². The summed E-state index contributed by atoms with van der Waals surface area (Å²) in [4.78, 5) is 10.3. The van der Waals surface area contributed by atoms with Crippen molar-refractivity contribution >= 4 is 11.0 Å². The van der Waals surface area contributed by atoms with Gasteiger partial charge in [0.1, 0.15) is 11.6 Å². The molecule has 60 heavy (non-hydrogen) atoms. The number of phenolic OH excluding ortho intramolecular Hbond substituents is 1. The van der Waals surface area contributed by atoms with Gasteiger partial charge in [0.25, 0.3) is 0 Å². The number of aromatic hydroxyl groups is 1. The summed E-state index contributed by atoms with van der Waals surface area (Å²) in [5, 5.41) is 11.8. The minimum absolute atomic E-state index is 0.167. The molecule has 4 heteroatoms. The summed E-state index contributed by atoms with van der Waals surface area (Å²) >= 11 is 0. The minimum atomic E-state index is -3.36. The Morgan fingerprint density at radius 1 is 0.550 bits per heavy atom. The first-order chi connectivity index (χ1) is 32.1. The van der Waals surface area contributed by atoms with Crippen LogP contribution < -0.4 is 0 Å². The van der Waals surface area contributed by atoms with Crippen molar-refractivity contribution in [2.45, 2.75) is 92.2 Å². The summed E-state index contributed by atoms with van der Waals surface area (Å²) in [5.74, 6) is 0.779. The number of para-hydroxylation sites is 1. The summed E-state index contributed by atoms with van der Waals surface area (Å²) in [7, 11) is 0. The number of nitrogens with zero attached hydrogens (tertiary/aromatic N) is 3. The maximum atomic E-state index is 11.8. The molecule has 0 saturated heterocycles. The lowest BCUT2D eigenvalue weighted by molar-refractivity contribution is 0.472. The highest BCUT2D eigenvalue weighted by molar-refractivity contribution is 5.97. The molecule has 0 aliphatic carbocycles. The Hall–Kier alpha value is -6.26. The molecule has 0 fully saturated rings. The van der Waals surface area contributed by atoms with Crippen LogP contribution in [0.4, 0.5) is 0 Å². The van der Waals surface area contributed by atoms with Crippen LogP contribution in [0.1, 0.15) is 102 Å². The second-order valence-corrected chi connectivity index (χ2v) is 18.1. The molecular formula is C56H57N3O. The number of aromatic nitrogens is 3. The third-order valence-electron chi connectivity index (χ3n) is 11.3. The van der Waals surface area contributed by atoms with Gasteiger partial charge >= 0.3 is 0 Å². The summed E-state index contributed by atoms with van der Waals surface area (Å²) in [6.07, 6.45) is 1.68. The van der Waals surface area contributed by atoms with Gasteiger partial charge in [-0.25, -0.2) is 4.98 Å².